The van der Waals surface area contributed by atoms with Gasteiger partial charge in [-0.3, -0.25) is 4.90 Å². The molecule has 37 heavy (non-hydrogen) atoms. The van der Waals surface area contributed by atoms with Gasteiger partial charge in [-0.25, -0.2) is 4.79 Å². The molecule has 7 heteroatoms. The highest BCUT2D eigenvalue weighted by Gasteiger charge is 2.47. The topological polar surface area (TPSA) is 66.5 Å². The van der Waals surface area contributed by atoms with Gasteiger partial charge >= 0.3 is 6.09 Å². The highest BCUT2D eigenvalue weighted by molar-refractivity contribution is 5.70. The van der Waals surface area contributed by atoms with Crippen LogP contribution in [0.5, 0.6) is 0 Å². The third-order valence-electron chi connectivity index (χ3n) is 6.71. The Kier molecular flexibility index (Phi) is 8.82. The average molecular weight is 504 g/mol. The van der Waals surface area contributed by atoms with Crippen LogP contribution in [0.2, 0.25) is 0 Å². The third-order valence-corrected chi connectivity index (χ3v) is 6.71. The summed E-state index contributed by atoms with van der Waals surface area (Å²) < 4.78 is 30.6. The molecule has 7 nitrogen and oxygen atoms in total. The first-order valence-corrected chi connectivity index (χ1v) is 12.8. The largest absolute Gasteiger partial charge is 0.448 e. The smallest absolute Gasteiger partial charge is 0.410 e. The van der Waals surface area contributed by atoms with Gasteiger partial charge in [-0.1, -0.05) is 91.0 Å². The molecule has 3 unspecified atom stereocenters. The molecule has 0 spiro atoms. The number of cyclic esters (lactones) is 1. The Hall–Kier alpha value is -3.23. The maximum absolute atomic E-state index is 12.5. The Morgan fingerprint density at radius 3 is 1.81 bits per heavy atom. The Morgan fingerprint density at radius 2 is 1.27 bits per heavy atom. The molecule has 0 saturated carbocycles. The number of carbonyl (C=O) groups excluding carboxylic acids is 1. The van der Waals surface area contributed by atoms with Gasteiger partial charge in [-0.05, 0) is 16.7 Å². The molecule has 0 aromatic heterocycles. The standard InChI is InChI=1S/C30H33NO6/c32-30-31(16-17-34-30)26-21-35-27(22-33-18-23-10-4-1-5-11-23)29(37-20-25-14-8-3-9-15-25)28(26)36-19-24-12-6-2-7-13-24/h1-15,26-29H,16-22H2/t26-,27?,28?,29?/m1/s1. The van der Waals surface area contributed by atoms with Crippen molar-refractivity contribution in [3.05, 3.63) is 108 Å². The van der Waals surface area contributed by atoms with Gasteiger partial charge in [0.25, 0.3) is 0 Å². The van der Waals surface area contributed by atoms with Crippen LogP contribution in [0.4, 0.5) is 4.79 Å². The number of hydrogen-bond acceptors (Lipinski definition) is 6. The van der Waals surface area contributed by atoms with Gasteiger partial charge in [0.2, 0.25) is 0 Å². The molecule has 4 atom stereocenters. The summed E-state index contributed by atoms with van der Waals surface area (Å²) in [6, 6.07) is 29.7. The summed E-state index contributed by atoms with van der Waals surface area (Å²) in [5.74, 6) is 0. The molecule has 3 aromatic rings. The first kappa shape index (κ1) is 25.4. The fraction of sp³-hybridized carbons (Fsp3) is 0.367. The molecule has 3 aromatic carbocycles. The molecule has 0 bridgehead atoms. The maximum Gasteiger partial charge on any atom is 0.410 e. The number of rotatable bonds is 11. The minimum absolute atomic E-state index is 0.319. The maximum atomic E-state index is 12.5. The fourth-order valence-corrected chi connectivity index (χ4v) is 4.77. The van der Waals surface area contributed by atoms with E-state index in [2.05, 4.69) is 0 Å². The molecule has 1 amide bonds. The number of ether oxygens (including phenoxy) is 5. The fourth-order valence-electron chi connectivity index (χ4n) is 4.77. The van der Waals surface area contributed by atoms with Crippen LogP contribution in [0.1, 0.15) is 16.7 Å². The zero-order chi connectivity index (χ0) is 25.3. The molecule has 0 radical (unpaired) electrons. The van der Waals surface area contributed by atoms with E-state index in [1.165, 1.54) is 0 Å². The first-order valence-electron chi connectivity index (χ1n) is 12.8. The summed E-state index contributed by atoms with van der Waals surface area (Å²) in [6.07, 6.45) is -1.58. The Balaban J connectivity index is 1.35. The Bertz CT molecular complexity index is 1100. The lowest BCUT2D eigenvalue weighted by Crippen LogP contribution is -2.62. The summed E-state index contributed by atoms with van der Waals surface area (Å²) in [5.41, 5.74) is 3.20. The summed E-state index contributed by atoms with van der Waals surface area (Å²) >= 11 is 0. The van der Waals surface area contributed by atoms with Gasteiger partial charge in [0.05, 0.1) is 45.6 Å². The van der Waals surface area contributed by atoms with Gasteiger partial charge in [0.15, 0.2) is 0 Å². The normalized spacial score (nSPS) is 23.7. The monoisotopic (exact) mass is 503 g/mol. The van der Waals surface area contributed by atoms with Crippen molar-refractivity contribution in [1.29, 1.82) is 0 Å². The molecule has 2 saturated heterocycles. The van der Waals surface area contributed by atoms with Crippen molar-refractivity contribution in [3.8, 4) is 0 Å². The summed E-state index contributed by atoms with van der Waals surface area (Å²) in [5, 5.41) is 0. The molecule has 2 heterocycles. The van der Waals surface area contributed by atoms with Crippen molar-refractivity contribution < 1.29 is 28.5 Å². The van der Waals surface area contributed by atoms with Crippen LogP contribution < -0.4 is 0 Å². The lowest BCUT2D eigenvalue weighted by atomic mass is 9.96. The highest BCUT2D eigenvalue weighted by atomic mass is 16.6. The van der Waals surface area contributed by atoms with Crippen molar-refractivity contribution in [2.75, 3.05) is 26.4 Å². The van der Waals surface area contributed by atoms with E-state index in [0.29, 0.717) is 46.2 Å². The number of benzene rings is 3. The molecule has 0 N–H and O–H groups in total. The van der Waals surface area contributed by atoms with Gasteiger partial charge in [-0.2, -0.15) is 0 Å². The summed E-state index contributed by atoms with van der Waals surface area (Å²) in [7, 11) is 0. The van der Waals surface area contributed by atoms with Gasteiger partial charge in [-0.15, -0.1) is 0 Å². The van der Waals surface area contributed by atoms with Crippen LogP contribution in [-0.4, -0.2) is 61.7 Å². The number of hydrogen-bond donors (Lipinski definition) is 0. The third kappa shape index (κ3) is 6.76. The summed E-state index contributed by atoms with van der Waals surface area (Å²) in [4.78, 5) is 14.2. The van der Waals surface area contributed by atoms with Gasteiger partial charge < -0.3 is 23.7 Å². The van der Waals surface area contributed by atoms with Crippen LogP contribution in [0.15, 0.2) is 91.0 Å². The van der Waals surface area contributed by atoms with E-state index in [1.54, 1.807) is 4.90 Å². The van der Waals surface area contributed by atoms with E-state index < -0.39 is 12.2 Å². The zero-order valence-electron chi connectivity index (χ0n) is 20.8. The van der Waals surface area contributed by atoms with Crippen LogP contribution in [0.25, 0.3) is 0 Å². The second kappa shape index (κ2) is 12.8. The number of amides is 1. The molecule has 2 aliphatic heterocycles. The van der Waals surface area contributed by atoms with E-state index in [1.807, 2.05) is 91.0 Å². The van der Waals surface area contributed by atoms with Crippen LogP contribution in [0, 0.1) is 0 Å². The minimum Gasteiger partial charge on any atom is -0.448 e. The van der Waals surface area contributed by atoms with Crippen molar-refractivity contribution >= 4 is 6.09 Å². The second-order valence-electron chi connectivity index (χ2n) is 9.27. The SMILES string of the molecule is O=C1OCCN1[C@@H]1COC(COCc2ccccc2)C(OCc2ccccc2)C1OCc1ccccc1. The van der Waals surface area contributed by atoms with Gasteiger partial charge in [0, 0.05) is 0 Å². The Labute approximate surface area is 217 Å². The van der Waals surface area contributed by atoms with E-state index >= 15 is 0 Å². The number of carbonyl (C=O) groups is 1. The average Bonchev–Trinajstić information content (AvgIpc) is 3.38. The van der Waals surface area contributed by atoms with E-state index in [0.717, 1.165) is 16.7 Å². The number of nitrogens with zero attached hydrogens (tertiary/aromatic N) is 1. The molecule has 2 fully saturated rings. The molecule has 5 rings (SSSR count). The predicted molar refractivity (Wildman–Crippen MR) is 138 cm³/mol. The van der Waals surface area contributed by atoms with E-state index in [-0.39, 0.29) is 18.2 Å². The minimum atomic E-state index is -0.452. The lowest BCUT2D eigenvalue weighted by Gasteiger charge is -2.44. The predicted octanol–water partition coefficient (Wildman–Crippen LogP) is 4.59. The van der Waals surface area contributed by atoms with Crippen molar-refractivity contribution in [1.82, 2.24) is 4.90 Å². The highest BCUT2D eigenvalue weighted by Crippen LogP contribution is 2.29. The van der Waals surface area contributed by atoms with Crippen molar-refractivity contribution in [2.45, 2.75) is 44.2 Å². The van der Waals surface area contributed by atoms with E-state index in [4.69, 9.17) is 23.7 Å². The summed E-state index contributed by atoms with van der Waals surface area (Å²) in [6.45, 7) is 2.79. The van der Waals surface area contributed by atoms with E-state index in [9.17, 15) is 4.79 Å². The first-order chi connectivity index (χ1) is 18.3. The van der Waals surface area contributed by atoms with Crippen LogP contribution in [-0.2, 0) is 43.5 Å². The van der Waals surface area contributed by atoms with Crippen molar-refractivity contribution in [3.63, 3.8) is 0 Å². The van der Waals surface area contributed by atoms with Crippen LogP contribution >= 0.6 is 0 Å². The Morgan fingerprint density at radius 1 is 0.730 bits per heavy atom. The molecule has 194 valence electrons. The van der Waals surface area contributed by atoms with Gasteiger partial charge in [0.1, 0.15) is 24.9 Å². The molecule has 0 aliphatic carbocycles. The van der Waals surface area contributed by atoms with Crippen molar-refractivity contribution in [2.24, 2.45) is 0 Å². The van der Waals surface area contributed by atoms with Crippen LogP contribution in [0.3, 0.4) is 0 Å². The quantitative estimate of drug-likeness (QED) is 0.381. The lowest BCUT2D eigenvalue weighted by molar-refractivity contribution is -0.218. The second-order valence-corrected chi connectivity index (χ2v) is 9.27. The molecule has 2 aliphatic rings. The molecular formula is C30H33NO6. The zero-order valence-corrected chi connectivity index (χ0v) is 20.8. The molecular weight excluding hydrogens is 470 g/mol.